The van der Waals surface area contributed by atoms with Crippen LogP contribution >= 0.6 is 11.6 Å². The van der Waals surface area contributed by atoms with Crippen LogP contribution in [0.5, 0.6) is 0 Å². The zero-order chi connectivity index (χ0) is 11.4. The molecule has 1 aromatic rings. The zero-order valence-corrected chi connectivity index (χ0v) is 9.87. The molecule has 1 heterocycles. The minimum Gasteiger partial charge on any atom is -0.378 e. The summed E-state index contributed by atoms with van der Waals surface area (Å²) >= 11 is 5.78. The molecule has 1 fully saturated rings. The van der Waals surface area contributed by atoms with Crippen LogP contribution in [0.1, 0.15) is 24.8 Å². The van der Waals surface area contributed by atoms with Gasteiger partial charge in [-0.3, -0.25) is 4.79 Å². The van der Waals surface area contributed by atoms with Crippen LogP contribution < -0.4 is 0 Å². The Hall–Kier alpha value is -0.860. The molecule has 2 nitrogen and oxygen atoms in total. The van der Waals surface area contributed by atoms with E-state index in [2.05, 4.69) is 0 Å². The van der Waals surface area contributed by atoms with Crippen molar-refractivity contribution in [2.45, 2.75) is 31.8 Å². The average molecular weight is 239 g/mol. The molecule has 0 aliphatic carbocycles. The lowest BCUT2D eigenvalue weighted by molar-refractivity contribution is -0.120. The van der Waals surface area contributed by atoms with Crippen LogP contribution in [0.15, 0.2) is 24.3 Å². The number of hydrogen-bond acceptors (Lipinski definition) is 2. The maximum atomic E-state index is 11.7. The molecule has 0 aromatic heterocycles. The van der Waals surface area contributed by atoms with Gasteiger partial charge in [-0.2, -0.15) is 0 Å². The molecule has 1 atom stereocenters. The van der Waals surface area contributed by atoms with E-state index in [-0.39, 0.29) is 11.9 Å². The summed E-state index contributed by atoms with van der Waals surface area (Å²) in [6.45, 7) is 0.804. The molecule has 1 aliphatic rings. The van der Waals surface area contributed by atoms with E-state index in [9.17, 15) is 4.79 Å². The Balaban J connectivity index is 1.84. The molecule has 0 N–H and O–H groups in total. The van der Waals surface area contributed by atoms with Crippen LogP contribution in [0.4, 0.5) is 0 Å². The number of carbonyl (C=O) groups is 1. The van der Waals surface area contributed by atoms with Crippen LogP contribution in [0.25, 0.3) is 0 Å². The van der Waals surface area contributed by atoms with Crippen molar-refractivity contribution in [1.82, 2.24) is 0 Å². The summed E-state index contributed by atoms with van der Waals surface area (Å²) in [5.74, 6) is 0.245. The van der Waals surface area contributed by atoms with Crippen molar-refractivity contribution in [3.63, 3.8) is 0 Å². The molecule has 0 bridgehead atoms. The molecular formula is C13H15ClO2. The highest BCUT2D eigenvalue weighted by atomic mass is 35.5. The number of hydrogen-bond donors (Lipinski definition) is 0. The van der Waals surface area contributed by atoms with Crippen molar-refractivity contribution in [2.24, 2.45) is 0 Å². The monoisotopic (exact) mass is 238 g/mol. The maximum Gasteiger partial charge on any atom is 0.139 e. The minimum absolute atomic E-state index is 0.153. The number of ether oxygens (including phenoxy) is 1. The van der Waals surface area contributed by atoms with Crippen LogP contribution in [0, 0.1) is 0 Å². The number of halogens is 1. The van der Waals surface area contributed by atoms with E-state index in [0.717, 1.165) is 25.0 Å². The lowest BCUT2D eigenvalue weighted by Crippen LogP contribution is -2.14. The Morgan fingerprint density at radius 3 is 2.75 bits per heavy atom. The molecule has 0 radical (unpaired) electrons. The number of ketones is 1. The third kappa shape index (κ3) is 3.32. The van der Waals surface area contributed by atoms with Gasteiger partial charge in [0.2, 0.25) is 0 Å². The van der Waals surface area contributed by atoms with Crippen LogP contribution in [-0.2, 0) is 16.0 Å². The number of carbonyl (C=O) groups excluding carboxylic acids is 1. The highest BCUT2D eigenvalue weighted by Gasteiger charge is 2.18. The SMILES string of the molecule is O=C(Cc1ccc(Cl)cc1)CC1CCCO1. The second kappa shape index (κ2) is 5.46. The number of rotatable bonds is 4. The lowest BCUT2D eigenvalue weighted by Gasteiger charge is -2.07. The maximum absolute atomic E-state index is 11.7. The zero-order valence-electron chi connectivity index (χ0n) is 9.12. The summed E-state index contributed by atoms with van der Waals surface area (Å²) in [6.07, 6.45) is 3.28. The largest absolute Gasteiger partial charge is 0.378 e. The predicted octanol–water partition coefficient (Wildman–Crippen LogP) is 3.02. The van der Waals surface area contributed by atoms with E-state index in [1.165, 1.54) is 0 Å². The molecule has 2 rings (SSSR count). The van der Waals surface area contributed by atoms with Gasteiger partial charge in [-0.05, 0) is 30.5 Å². The standard InChI is InChI=1S/C13H15ClO2/c14-11-5-3-10(4-6-11)8-12(15)9-13-2-1-7-16-13/h3-6,13H,1-2,7-9H2. The highest BCUT2D eigenvalue weighted by molar-refractivity contribution is 6.30. The summed E-state index contributed by atoms with van der Waals surface area (Å²) < 4.78 is 5.44. The summed E-state index contributed by atoms with van der Waals surface area (Å²) in [6, 6.07) is 7.43. The first kappa shape index (κ1) is 11.6. The summed E-state index contributed by atoms with van der Waals surface area (Å²) in [4.78, 5) is 11.7. The van der Waals surface area contributed by atoms with Gasteiger partial charge in [0.1, 0.15) is 5.78 Å². The van der Waals surface area contributed by atoms with E-state index in [4.69, 9.17) is 16.3 Å². The molecule has 0 saturated carbocycles. The van der Waals surface area contributed by atoms with E-state index in [0.29, 0.717) is 17.9 Å². The van der Waals surface area contributed by atoms with Crippen molar-refractivity contribution >= 4 is 17.4 Å². The first-order chi connectivity index (χ1) is 7.74. The predicted molar refractivity (Wildman–Crippen MR) is 63.8 cm³/mol. The number of benzene rings is 1. The summed E-state index contributed by atoms with van der Waals surface area (Å²) in [5.41, 5.74) is 1.02. The van der Waals surface area contributed by atoms with Gasteiger partial charge in [0.05, 0.1) is 6.10 Å². The Kier molecular flexibility index (Phi) is 3.97. The fourth-order valence-corrected chi connectivity index (χ4v) is 2.09. The summed E-state index contributed by atoms with van der Waals surface area (Å²) in [7, 11) is 0. The Labute approximate surface area is 101 Å². The molecule has 1 aliphatic heterocycles. The molecule has 86 valence electrons. The molecular weight excluding hydrogens is 224 g/mol. The van der Waals surface area contributed by atoms with Crippen LogP contribution in [0.2, 0.25) is 5.02 Å². The van der Waals surface area contributed by atoms with E-state index >= 15 is 0 Å². The first-order valence-electron chi connectivity index (χ1n) is 5.62. The van der Waals surface area contributed by atoms with Gasteiger partial charge in [-0.1, -0.05) is 23.7 Å². The van der Waals surface area contributed by atoms with Gasteiger partial charge in [-0.15, -0.1) is 0 Å². The molecule has 1 saturated heterocycles. The topological polar surface area (TPSA) is 26.3 Å². The molecule has 1 aromatic carbocycles. The van der Waals surface area contributed by atoms with Gasteiger partial charge in [0.25, 0.3) is 0 Å². The van der Waals surface area contributed by atoms with Gasteiger partial charge in [0.15, 0.2) is 0 Å². The van der Waals surface area contributed by atoms with Crippen molar-refractivity contribution in [3.8, 4) is 0 Å². The van der Waals surface area contributed by atoms with Crippen molar-refractivity contribution in [2.75, 3.05) is 6.61 Å². The minimum atomic E-state index is 0.153. The van der Waals surface area contributed by atoms with Gasteiger partial charge >= 0.3 is 0 Å². The summed E-state index contributed by atoms with van der Waals surface area (Å²) in [5, 5.41) is 0.704. The Morgan fingerprint density at radius 1 is 1.38 bits per heavy atom. The lowest BCUT2D eigenvalue weighted by atomic mass is 10.0. The van der Waals surface area contributed by atoms with Crippen molar-refractivity contribution < 1.29 is 9.53 Å². The highest BCUT2D eigenvalue weighted by Crippen LogP contribution is 2.17. The van der Waals surface area contributed by atoms with Gasteiger partial charge in [0, 0.05) is 24.5 Å². The van der Waals surface area contributed by atoms with Crippen LogP contribution in [0.3, 0.4) is 0 Å². The molecule has 0 spiro atoms. The quantitative estimate of drug-likeness (QED) is 0.806. The van der Waals surface area contributed by atoms with E-state index in [1.54, 1.807) is 0 Å². The van der Waals surface area contributed by atoms with Gasteiger partial charge < -0.3 is 4.74 Å². The molecule has 1 unspecified atom stereocenters. The van der Waals surface area contributed by atoms with E-state index in [1.807, 2.05) is 24.3 Å². The van der Waals surface area contributed by atoms with E-state index < -0.39 is 0 Å². The van der Waals surface area contributed by atoms with Crippen molar-refractivity contribution in [3.05, 3.63) is 34.9 Å². The number of Topliss-reactive ketones (excluding diaryl/α,β-unsaturated/α-hetero) is 1. The van der Waals surface area contributed by atoms with Crippen molar-refractivity contribution in [1.29, 1.82) is 0 Å². The fraction of sp³-hybridized carbons (Fsp3) is 0.462. The molecule has 3 heteroatoms. The second-order valence-electron chi connectivity index (χ2n) is 4.18. The van der Waals surface area contributed by atoms with Crippen LogP contribution in [-0.4, -0.2) is 18.5 Å². The third-order valence-corrected chi connectivity index (χ3v) is 3.05. The Bertz CT molecular complexity index is 353. The third-order valence-electron chi connectivity index (χ3n) is 2.79. The fourth-order valence-electron chi connectivity index (χ4n) is 1.96. The normalized spacial score (nSPS) is 19.9. The molecule has 16 heavy (non-hydrogen) atoms. The van der Waals surface area contributed by atoms with Gasteiger partial charge in [-0.25, -0.2) is 0 Å². The first-order valence-corrected chi connectivity index (χ1v) is 5.99. The second-order valence-corrected chi connectivity index (χ2v) is 4.62. The smallest absolute Gasteiger partial charge is 0.139 e. The molecule has 0 amide bonds. The average Bonchev–Trinajstić information content (AvgIpc) is 2.74. The Morgan fingerprint density at radius 2 is 2.12 bits per heavy atom.